The molecule has 0 spiro atoms. The highest BCUT2D eigenvalue weighted by Gasteiger charge is 2.15. The minimum absolute atomic E-state index is 0. The molecule has 1 rings (SSSR count). The number of halogens is 1. The number of nitrogens with one attached hydrogen (secondary N) is 1. The third-order valence-electron chi connectivity index (χ3n) is 2.79. The second-order valence-corrected chi connectivity index (χ2v) is 4.40. The molecule has 1 unspecified atom stereocenters. The third-order valence-corrected chi connectivity index (χ3v) is 2.79. The van der Waals surface area contributed by atoms with E-state index >= 15 is 0 Å². The number of primary amides is 1. The second kappa shape index (κ2) is 10.1. The molecule has 21 heavy (non-hydrogen) atoms. The van der Waals surface area contributed by atoms with Crippen LogP contribution in [0.3, 0.4) is 0 Å². The van der Waals surface area contributed by atoms with Crippen LogP contribution in [0, 0.1) is 0 Å². The summed E-state index contributed by atoms with van der Waals surface area (Å²) in [7, 11) is 0. The molecule has 1 aromatic rings. The quantitative estimate of drug-likeness (QED) is 0.648. The molecule has 0 aliphatic heterocycles. The van der Waals surface area contributed by atoms with E-state index in [1.807, 2.05) is 31.2 Å². The van der Waals surface area contributed by atoms with Gasteiger partial charge >= 0.3 is 0 Å². The number of carbonyl (C=O) groups excluding carboxylic acids is 2. The number of ether oxygens (including phenoxy) is 1. The van der Waals surface area contributed by atoms with Gasteiger partial charge in [-0.15, -0.1) is 12.4 Å². The fourth-order valence-electron chi connectivity index (χ4n) is 1.71. The lowest BCUT2D eigenvalue weighted by molar-refractivity contribution is -0.126. The van der Waals surface area contributed by atoms with Crippen molar-refractivity contribution in [2.45, 2.75) is 32.5 Å². The first-order chi connectivity index (χ1) is 9.54. The zero-order valence-corrected chi connectivity index (χ0v) is 12.8. The molecule has 0 aromatic heterocycles. The largest absolute Gasteiger partial charge is 0.377 e. The summed E-state index contributed by atoms with van der Waals surface area (Å²) >= 11 is 0. The van der Waals surface area contributed by atoms with Crippen LogP contribution in [0.1, 0.15) is 24.5 Å². The molecule has 2 amide bonds. The molecule has 0 aliphatic rings. The SMILES string of the molecule is CCOCc1ccccc1CNC(=O)C(N)CC(N)=O.Cl. The van der Waals surface area contributed by atoms with Crippen molar-refractivity contribution in [3.63, 3.8) is 0 Å². The van der Waals surface area contributed by atoms with Gasteiger partial charge in [0.2, 0.25) is 11.8 Å². The van der Waals surface area contributed by atoms with Crippen molar-refractivity contribution in [2.24, 2.45) is 11.5 Å². The first kappa shape index (κ1) is 19.4. The molecule has 0 bridgehead atoms. The van der Waals surface area contributed by atoms with Crippen molar-refractivity contribution in [3.8, 4) is 0 Å². The van der Waals surface area contributed by atoms with E-state index in [0.717, 1.165) is 11.1 Å². The second-order valence-electron chi connectivity index (χ2n) is 4.40. The molecule has 6 nitrogen and oxygen atoms in total. The Bertz CT molecular complexity index is 469. The minimum atomic E-state index is -0.911. The Kier molecular flexibility index (Phi) is 9.36. The maximum atomic E-state index is 11.7. The fraction of sp³-hybridized carbons (Fsp3) is 0.429. The van der Waals surface area contributed by atoms with E-state index < -0.39 is 17.9 Å². The Morgan fingerprint density at radius 1 is 1.29 bits per heavy atom. The van der Waals surface area contributed by atoms with Crippen molar-refractivity contribution < 1.29 is 14.3 Å². The minimum Gasteiger partial charge on any atom is -0.377 e. The van der Waals surface area contributed by atoms with Crippen LogP contribution in [0.2, 0.25) is 0 Å². The van der Waals surface area contributed by atoms with Gasteiger partial charge < -0.3 is 21.5 Å². The first-order valence-electron chi connectivity index (χ1n) is 6.50. The number of hydrogen-bond donors (Lipinski definition) is 3. The maximum Gasteiger partial charge on any atom is 0.237 e. The lowest BCUT2D eigenvalue weighted by Crippen LogP contribution is -2.42. The average molecular weight is 316 g/mol. The third kappa shape index (κ3) is 7.08. The van der Waals surface area contributed by atoms with E-state index in [4.69, 9.17) is 16.2 Å². The number of hydrogen-bond acceptors (Lipinski definition) is 4. The van der Waals surface area contributed by atoms with Crippen LogP contribution in [-0.2, 0) is 27.5 Å². The van der Waals surface area contributed by atoms with Gasteiger partial charge in [-0.05, 0) is 18.1 Å². The Morgan fingerprint density at radius 2 is 1.90 bits per heavy atom. The van der Waals surface area contributed by atoms with Gasteiger partial charge in [-0.25, -0.2) is 0 Å². The molecule has 7 heteroatoms. The molecule has 5 N–H and O–H groups in total. The molecule has 118 valence electrons. The number of benzene rings is 1. The molecule has 1 atom stereocenters. The molecule has 0 saturated carbocycles. The van der Waals surface area contributed by atoms with Crippen molar-refractivity contribution >= 4 is 24.2 Å². The lowest BCUT2D eigenvalue weighted by Gasteiger charge is -2.13. The molecule has 0 fully saturated rings. The summed E-state index contributed by atoms with van der Waals surface area (Å²) in [5, 5.41) is 2.69. The van der Waals surface area contributed by atoms with Crippen LogP contribution in [-0.4, -0.2) is 24.5 Å². The van der Waals surface area contributed by atoms with Crippen LogP contribution in [0.25, 0.3) is 0 Å². The van der Waals surface area contributed by atoms with Gasteiger partial charge in [0.25, 0.3) is 0 Å². The molecule has 0 radical (unpaired) electrons. The predicted molar refractivity (Wildman–Crippen MR) is 82.7 cm³/mol. The zero-order chi connectivity index (χ0) is 15.0. The van der Waals surface area contributed by atoms with Gasteiger partial charge in [0.05, 0.1) is 19.1 Å². The van der Waals surface area contributed by atoms with Crippen molar-refractivity contribution in [2.75, 3.05) is 6.61 Å². The Morgan fingerprint density at radius 3 is 2.48 bits per heavy atom. The monoisotopic (exact) mass is 315 g/mol. The van der Waals surface area contributed by atoms with Crippen LogP contribution in [0.4, 0.5) is 0 Å². The summed E-state index contributed by atoms with van der Waals surface area (Å²) < 4.78 is 5.37. The Balaban J connectivity index is 0.00000400. The number of carbonyl (C=O) groups is 2. The summed E-state index contributed by atoms with van der Waals surface area (Å²) in [6.45, 7) is 3.39. The summed E-state index contributed by atoms with van der Waals surface area (Å²) in [6.07, 6.45) is -0.160. The number of amides is 2. The fourth-order valence-corrected chi connectivity index (χ4v) is 1.71. The Hall–Kier alpha value is -1.63. The average Bonchev–Trinajstić information content (AvgIpc) is 2.42. The van der Waals surface area contributed by atoms with E-state index in [-0.39, 0.29) is 18.8 Å². The van der Waals surface area contributed by atoms with E-state index in [1.54, 1.807) is 0 Å². The summed E-state index contributed by atoms with van der Waals surface area (Å²) in [6, 6.07) is 6.75. The van der Waals surface area contributed by atoms with Gasteiger partial charge in [0, 0.05) is 13.2 Å². The van der Waals surface area contributed by atoms with E-state index in [1.165, 1.54) is 0 Å². The van der Waals surface area contributed by atoms with Gasteiger partial charge in [-0.2, -0.15) is 0 Å². The smallest absolute Gasteiger partial charge is 0.237 e. The summed E-state index contributed by atoms with van der Waals surface area (Å²) in [5.74, 6) is -0.987. The van der Waals surface area contributed by atoms with Gasteiger partial charge in [-0.1, -0.05) is 24.3 Å². The highest BCUT2D eigenvalue weighted by molar-refractivity contribution is 5.87. The van der Waals surface area contributed by atoms with Crippen molar-refractivity contribution in [3.05, 3.63) is 35.4 Å². The number of nitrogens with two attached hydrogens (primary N) is 2. The molecular formula is C14H22ClN3O3. The van der Waals surface area contributed by atoms with Crippen LogP contribution < -0.4 is 16.8 Å². The molecular weight excluding hydrogens is 294 g/mol. The van der Waals surface area contributed by atoms with Crippen LogP contribution in [0.5, 0.6) is 0 Å². The topological polar surface area (TPSA) is 107 Å². The van der Waals surface area contributed by atoms with Gasteiger partial charge in [0.1, 0.15) is 0 Å². The highest BCUT2D eigenvalue weighted by Crippen LogP contribution is 2.10. The first-order valence-corrected chi connectivity index (χ1v) is 6.50. The summed E-state index contributed by atoms with van der Waals surface area (Å²) in [4.78, 5) is 22.4. The van der Waals surface area contributed by atoms with E-state index in [0.29, 0.717) is 19.8 Å². The number of rotatable bonds is 8. The van der Waals surface area contributed by atoms with Gasteiger partial charge in [-0.3, -0.25) is 9.59 Å². The van der Waals surface area contributed by atoms with E-state index in [2.05, 4.69) is 5.32 Å². The van der Waals surface area contributed by atoms with Crippen LogP contribution >= 0.6 is 12.4 Å². The normalized spacial score (nSPS) is 11.3. The molecule has 0 aliphatic carbocycles. The van der Waals surface area contributed by atoms with Crippen molar-refractivity contribution in [1.82, 2.24) is 5.32 Å². The lowest BCUT2D eigenvalue weighted by atomic mass is 10.1. The predicted octanol–water partition coefficient (Wildman–Crippen LogP) is 0.464. The Labute approximate surface area is 130 Å². The standard InChI is InChI=1S/C14H21N3O3.ClH/c1-2-20-9-11-6-4-3-5-10(11)8-17-14(19)12(15)7-13(16)18;/h3-6,12H,2,7-9,15H2,1H3,(H2,16,18)(H,17,19);1H. The van der Waals surface area contributed by atoms with Crippen LogP contribution in [0.15, 0.2) is 24.3 Å². The molecule has 0 saturated heterocycles. The highest BCUT2D eigenvalue weighted by atomic mass is 35.5. The van der Waals surface area contributed by atoms with Crippen molar-refractivity contribution in [1.29, 1.82) is 0 Å². The maximum absolute atomic E-state index is 11.7. The summed E-state index contributed by atoms with van der Waals surface area (Å²) in [5.41, 5.74) is 12.5. The zero-order valence-electron chi connectivity index (χ0n) is 12.0. The molecule has 0 heterocycles. The molecule has 1 aromatic carbocycles. The van der Waals surface area contributed by atoms with Gasteiger partial charge in [0.15, 0.2) is 0 Å². The van der Waals surface area contributed by atoms with E-state index in [9.17, 15) is 9.59 Å².